The predicted octanol–water partition coefficient (Wildman–Crippen LogP) is 7.05. The lowest BCUT2D eigenvalue weighted by Gasteiger charge is -2.37. The number of rotatable bonds is 2. The fourth-order valence-electron chi connectivity index (χ4n) is 5.31. The van der Waals surface area contributed by atoms with Crippen molar-refractivity contribution in [2.45, 2.75) is 24.8 Å². The highest BCUT2D eigenvalue weighted by atomic mass is 19.1. The molecule has 1 N–H and O–H groups in total. The first-order valence-corrected chi connectivity index (χ1v) is 11.0. The maximum absolute atomic E-state index is 13.6. The first-order valence-electron chi connectivity index (χ1n) is 11.0. The third-order valence-electron chi connectivity index (χ3n) is 6.80. The van der Waals surface area contributed by atoms with E-state index in [0.717, 1.165) is 45.2 Å². The molecule has 156 valence electrons. The summed E-state index contributed by atoms with van der Waals surface area (Å²) < 4.78 is 13.6. The monoisotopic (exact) mass is 419 g/mol. The van der Waals surface area contributed by atoms with Gasteiger partial charge in [-0.15, -0.1) is 0 Å². The number of halogens is 1. The summed E-state index contributed by atoms with van der Waals surface area (Å²) in [5.74, 6) is 0.0472. The summed E-state index contributed by atoms with van der Waals surface area (Å²) >= 11 is 0. The second kappa shape index (κ2) is 7.45. The van der Waals surface area contributed by atoms with Gasteiger partial charge in [0, 0.05) is 23.2 Å². The Labute approximate surface area is 186 Å². The SMILES string of the molecule is O=C1CC(c2ccccc2)CC2=C1C(c1ccc(F)cc1)Nc1ccc3ccccc3c12. The summed E-state index contributed by atoms with van der Waals surface area (Å²) in [6.07, 6.45) is 1.30. The van der Waals surface area contributed by atoms with Crippen molar-refractivity contribution in [1.82, 2.24) is 0 Å². The van der Waals surface area contributed by atoms with Crippen molar-refractivity contribution in [3.05, 3.63) is 119 Å². The van der Waals surface area contributed by atoms with Gasteiger partial charge < -0.3 is 5.32 Å². The van der Waals surface area contributed by atoms with Crippen LogP contribution < -0.4 is 5.32 Å². The number of hydrogen-bond acceptors (Lipinski definition) is 2. The average molecular weight is 419 g/mol. The van der Waals surface area contributed by atoms with Crippen LogP contribution in [0.2, 0.25) is 0 Å². The minimum atomic E-state index is -0.275. The normalized spacial score (nSPS) is 20.0. The fraction of sp³-hybridized carbons (Fsp3) is 0.138. The molecule has 1 aliphatic heterocycles. The van der Waals surface area contributed by atoms with Crippen LogP contribution in [-0.4, -0.2) is 5.78 Å². The minimum absolute atomic E-state index is 0.154. The smallest absolute Gasteiger partial charge is 0.162 e. The molecule has 6 rings (SSSR count). The molecule has 0 saturated carbocycles. The van der Waals surface area contributed by atoms with Gasteiger partial charge in [-0.05, 0) is 58.0 Å². The highest BCUT2D eigenvalue weighted by Crippen LogP contribution is 2.50. The zero-order valence-electron chi connectivity index (χ0n) is 17.5. The number of benzene rings is 4. The summed E-state index contributed by atoms with van der Waals surface area (Å²) in [6, 6.07) is 29.1. The molecule has 2 nitrogen and oxygen atoms in total. The molecule has 4 aromatic rings. The van der Waals surface area contributed by atoms with E-state index in [4.69, 9.17) is 0 Å². The van der Waals surface area contributed by atoms with E-state index in [9.17, 15) is 9.18 Å². The molecule has 0 bridgehead atoms. The van der Waals surface area contributed by atoms with E-state index in [2.05, 4.69) is 41.7 Å². The first-order chi connectivity index (χ1) is 15.7. The van der Waals surface area contributed by atoms with Gasteiger partial charge in [0.1, 0.15) is 5.82 Å². The van der Waals surface area contributed by atoms with Gasteiger partial charge >= 0.3 is 0 Å². The number of fused-ring (bicyclic) bond motifs is 4. The van der Waals surface area contributed by atoms with Gasteiger partial charge in [-0.25, -0.2) is 4.39 Å². The van der Waals surface area contributed by atoms with Crippen molar-refractivity contribution in [1.29, 1.82) is 0 Å². The number of carbonyl (C=O) groups excluding carboxylic acids is 1. The molecule has 3 heteroatoms. The summed E-state index contributed by atoms with van der Waals surface area (Å²) in [5, 5.41) is 5.93. The van der Waals surface area contributed by atoms with Crippen LogP contribution in [0.25, 0.3) is 16.3 Å². The van der Waals surface area contributed by atoms with Gasteiger partial charge in [-0.2, -0.15) is 0 Å². The molecule has 2 aliphatic rings. The van der Waals surface area contributed by atoms with Crippen molar-refractivity contribution >= 4 is 27.8 Å². The van der Waals surface area contributed by atoms with Crippen LogP contribution in [0, 0.1) is 5.82 Å². The van der Waals surface area contributed by atoms with Gasteiger partial charge in [0.2, 0.25) is 0 Å². The maximum atomic E-state index is 13.6. The Balaban J connectivity index is 1.58. The molecular formula is C29H22FNO. The molecule has 0 spiro atoms. The molecule has 2 unspecified atom stereocenters. The zero-order valence-corrected chi connectivity index (χ0v) is 17.5. The van der Waals surface area contributed by atoms with Crippen LogP contribution in [0.5, 0.6) is 0 Å². The molecule has 1 aliphatic carbocycles. The van der Waals surface area contributed by atoms with Crippen molar-refractivity contribution in [2.24, 2.45) is 0 Å². The van der Waals surface area contributed by atoms with Crippen molar-refractivity contribution < 1.29 is 9.18 Å². The molecule has 0 saturated heterocycles. The summed E-state index contributed by atoms with van der Waals surface area (Å²) in [4.78, 5) is 13.6. The Hall–Kier alpha value is -3.72. The number of hydrogen-bond donors (Lipinski definition) is 1. The van der Waals surface area contributed by atoms with Crippen molar-refractivity contribution in [3.8, 4) is 0 Å². The van der Waals surface area contributed by atoms with Crippen LogP contribution in [0.15, 0.2) is 96.6 Å². The van der Waals surface area contributed by atoms with E-state index >= 15 is 0 Å². The second-order valence-corrected chi connectivity index (χ2v) is 8.67. The Kier molecular flexibility index (Phi) is 4.43. The van der Waals surface area contributed by atoms with Crippen LogP contribution >= 0.6 is 0 Å². The number of nitrogens with one attached hydrogen (secondary N) is 1. The lowest BCUT2D eigenvalue weighted by Crippen LogP contribution is -2.29. The van der Waals surface area contributed by atoms with Crippen LogP contribution in [0.3, 0.4) is 0 Å². The van der Waals surface area contributed by atoms with Gasteiger partial charge in [-0.3, -0.25) is 4.79 Å². The Bertz CT molecular complexity index is 1370. The van der Waals surface area contributed by atoms with E-state index in [1.807, 2.05) is 30.3 Å². The molecule has 0 radical (unpaired) electrons. The molecule has 0 fully saturated rings. The first kappa shape index (κ1) is 19.0. The summed E-state index contributed by atoms with van der Waals surface area (Å²) in [7, 11) is 0. The van der Waals surface area contributed by atoms with E-state index in [1.54, 1.807) is 12.1 Å². The van der Waals surface area contributed by atoms with Gasteiger partial charge in [0.15, 0.2) is 5.78 Å². The maximum Gasteiger partial charge on any atom is 0.162 e. The minimum Gasteiger partial charge on any atom is -0.373 e. The Morgan fingerprint density at radius 3 is 2.31 bits per heavy atom. The second-order valence-electron chi connectivity index (χ2n) is 8.67. The summed E-state index contributed by atoms with van der Waals surface area (Å²) in [6.45, 7) is 0. The zero-order chi connectivity index (χ0) is 21.7. The van der Waals surface area contributed by atoms with E-state index in [0.29, 0.717) is 6.42 Å². The largest absolute Gasteiger partial charge is 0.373 e. The average Bonchev–Trinajstić information content (AvgIpc) is 2.84. The van der Waals surface area contributed by atoms with Gasteiger partial charge in [0.05, 0.1) is 6.04 Å². The number of ketones is 1. The summed E-state index contributed by atoms with van der Waals surface area (Å²) in [5.41, 5.74) is 6.21. The lowest BCUT2D eigenvalue weighted by atomic mass is 9.71. The van der Waals surface area contributed by atoms with Crippen LogP contribution in [0.1, 0.15) is 41.5 Å². The molecule has 2 atom stereocenters. The van der Waals surface area contributed by atoms with Crippen LogP contribution in [-0.2, 0) is 4.79 Å². The topological polar surface area (TPSA) is 29.1 Å². The molecular weight excluding hydrogens is 397 g/mol. The standard InChI is InChI=1S/C29H22FNO/c30-22-13-10-20(11-14-22)29-28-24(16-21(17-26(28)32)18-6-2-1-3-7-18)27-23-9-5-4-8-19(23)12-15-25(27)31-29/h1-15,21,29,31H,16-17H2. The third kappa shape index (κ3) is 3.04. The van der Waals surface area contributed by atoms with E-state index in [1.165, 1.54) is 17.7 Å². The molecule has 0 amide bonds. The Morgan fingerprint density at radius 1 is 0.750 bits per heavy atom. The molecule has 1 heterocycles. The molecule has 4 aromatic carbocycles. The van der Waals surface area contributed by atoms with E-state index < -0.39 is 0 Å². The molecule has 32 heavy (non-hydrogen) atoms. The quantitative estimate of drug-likeness (QED) is 0.377. The predicted molar refractivity (Wildman–Crippen MR) is 127 cm³/mol. The highest BCUT2D eigenvalue weighted by Gasteiger charge is 2.38. The van der Waals surface area contributed by atoms with Gasteiger partial charge in [0.25, 0.3) is 0 Å². The van der Waals surface area contributed by atoms with E-state index in [-0.39, 0.29) is 23.6 Å². The number of Topliss-reactive ketones (excluding diaryl/α,β-unsaturated/α-hetero) is 1. The van der Waals surface area contributed by atoms with Crippen LogP contribution in [0.4, 0.5) is 10.1 Å². The number of carbonyl (C=O) groups is 1. The fourth-order valence-corrected chi connectivity index (χ4v) is 5.31. The molecule has 0 aromatic heterocycles. The lowest BCUT2D eigenvalue weighted by molar-refractivity contribution is -0.116. The highest BCUT2D eigenvalue weighted by molar-refractivity contribution is 6.13. The number of allylic oxidation sites excluding steroid dienone is 1. The van der Waals surface area contributed by atoms with Crippen molar-refractivity contribution in [2.75, 3.05) is 5.32 Å². The Morgan fingerprint density at radius 2 is 1.50 bits per heavy atom. The number of anilines is 1. The van der Waals surface area contributed by atoms with Crippen molar-refractivity contribution in [3.63, 3.8) is 0 Å². The third-order valence-corrected chi connectivity index (χ3v) is 6.80. The van der Waals surface area contributed by atoms with Gasteiger partial charge in [-0.1, -0.05) is 72.8 Å².